The normalized spacial score (nSPS) is 14.4. The number of benzene rings is 2. The molecule has 122 valence electrons. The summed E-state index contributed by atoms with van der Waals surface area (Å²) in [4.78, 5) is 0. The highest BCUT2D eigenvalue weighted by molar-refractivity contribution is 14.1. The van der Waals surface area contributed by atoms with Crippen molar-refractivity contribution in [3.8, 4) is 12.1 Å². The second-order valence-electron chi connectivity index (χ2n) is 5.43. The molecule has 1 fully saturated rings. The molecule has 0 aromatic heterocycles. The lowest BCUT2D eigenvalue weighted by atomic mass is 9.75. The molecule has 24 heavy (non-hydrogen) atoms. The van der Waals surface area contributed by atoms with Crippen molar-refractivity contribution in [2.24, 2.45) is 0 Å². The summed E-state index contributed by atoms with van der Waals surface area (Å²) < 4.78 is 2.72. The van der Waals surface area contributed by atoms with E-state index in [2.05, 4.69) is 66.6 Å². The van der Waals surface area contributed by atoms with Crippen molar-refractivity contribution in [2.45, 2.75) is 24.9 Å². The molecule has 3 rings (SSSR count). The van der Waals surface area contributed by atoms with Gasteiger partial charge in [-0.2, -0.15) is 10.5 Å². The van der Waals surface area contributed by atoms with Gasteiger partial charge in [-0.1, -0.05) is 6.07 Å². The molecule has 0 radical (unpaired) electrons. The molecule has 0 bridgehead atoms. The SMILES string of the molecule is N#Cc1cc(C2(O)CCC2)ccc1Br.N#Cc1cc(I)ccc1Br. The average molecular weight is 560 g/mol. The topological polar surface area (TPSA) is 67.8 Å². The van der Waals surface area contributed by atoms with Crippen LogP contribution in [0.3, 0.4) is 0 Å². The molecule has 6 heteroatoms. The number of halogens is 3. The van der Waals surface area contributed by atoms with Gasteiger partial charge < -0.3 is 5.11 Å². The predicted octanol–water partition coefficient (Wildman–Crippen LogP) is 5.62. The van der Waals surface area contributed by atoms with Crippen molar-refractivity contribution in [2.75, 3.05) is 0 Å². The van der Waals surface area contributed by atoms with Gasteiger partial charge in [0.25, 0.3) is 0 Å². The third-order valence-corrected chi connectivity index (χ3v) is 5.91. The fourth-order valence-corrected chi connectivity index (χ4v) is 3.45. The van der Waals surface area contributed by atoms with Crippen molar-refractivity contribution < 1.29 is 5.11 Å². The largest absolute Gasteiger partial charge is 0.385 e. The number of hydrogen-bond donors (Lipinski definition) is 1. The summed E-state index contributed by atoms with van der Waals surface area (Å²) in [6.07, 6.45) is 2.67. The third kappa shape index (κ3) is 4.58. The molecule has 2 aromatic rings. The lowest BCUT2D eigenvalue weighted by Crippen LogP contribution is -2.33. The van der Waals surface area contributed by atoms with Gasteiger partial charge in [0.15, 0.2) is 0 Å². The molecule has 1 saturated carbocycles. The molecular formula is C18H13Br2IN2O. The highest BCUT2D eigenvalue weighted by Crippen LogP contribution is 2.41. The van der Waals surface area contributed by atoms with E-state index in [1.54, 1.807) is 6.07 Å². The molecule has 0 heterocycles. The Morgan fingerprint density at radius 1 is 0.958 bits per heavy atom. The minimum atomic E-state index is -0.674. The minimum Gasteiger partial charge on any atom is -0.385 e. The molecule has 0 saturated heterocycles. The van der Waals surface area contributed by atoms with Gasteiger partial charge in [-0.15, -0.1) is 0 Å². The molecule has 0 atom stereocenters. The first-order chi connectivity index (χ1) is 11.4. The molecule has 0 aliphatic heterocycles. The molecule has 1 aliphatic rings. The predicted molar refractivity (Wildman–Crippen MR) is 108 cm³/mol. The van der Waals surface area contributed by atoms with Crippen LogP contribution in [0.1, 0.15) is 36.0 Å². The first kappa shape index (κ1) is 19.4. The second kappa shape index (κ2) is 8.44. The zero-order valence-electron chi connectivity index (χ0n) is 12.6. The summed E-state index contributed by atoms with van der Waals surface area (Å²) in [7, 11) is 0. The summed E-state index contributed by atoms with van der Waals surface area (Å²) in [5.41, 5.74) is 1.46. The van der Waals surface area contributed by atoms with Crippen molar-refractivity contribution >= 4 is 54.5 Å². The van der Waals surface area contributed by atoms with E-state index in [0.717, 1.165) is 37.3 Å². The molecule has 3 nitrogen and oxygen atoms in total. The van der Waals surface area contributed by atoms with E-state index in [4.69, 9.17) is 10.5 Å². The number of nitriles is 2. The van der Waals surface area contributed by atoms with Crippen LogP contribution < -0.4 is 0 Å². The molecule has 0 amide bonds. The van der Waals surface area contributed by atoms with Gasteiger partial charge in [0.2, 0.25) is 0 Å². The maximum absolute atomic E-state index is 10.1. The number of hydrogen-bond acceptors (Lipinski definition) is 3. The molecule has 2 aromatic carbocycles. The van der Waals surface area contributed by atoms with Crippen molar-refractivity contribution in [3.05, 3.63) is 65.6 Å². The van der Waals surface area contributed by atoms with Crippen LogP contribution in [0.2, 0.25) is 0 Å². The van der Waals surface area contributed by atoms with Crippen LogP contribution in [0.4, 0.5) is 0 Å². The van der Waals surface area contributed by atoms with Gasteiger partial charge >= 0.3 is 0 Å². The lowest BCUT2D eigenvalue weighted by molar-refractivity contribution is -0.0388. The average Bonchev–Trinajstić information content (AvgIpc) is 2.56. The van der Waals surface area contributed by atoms with Crippen LogP contribution in [0.15, 0.2) is 45.3 Å². The minimum absolute atomic E-state index is 0.586. The monoisotopic (exact) mass is 558 g/mol. The van der Waals surface area contributed by atoms with Crippen molar-refractivity contribution in [1.82, 2.24) is 0 Å². The van der Waals surface area contributed by atoms with Crippen molar-refractivity contribution in [3.63, 3.8) is 0 Å². The summed E-state index contributed by atoms with van der Waals surface area (Å²) in [6.45, 7) is 0. The van der Waals surface area contributed by atoms with E-state index < -0.39 is 5.60 Å². The first-order valence-electron chi connectivity index (χ1n) is 7.17. The van der Waals surface area contributed by atoms with E-state index in [1.165, 1.54) is 0 Å². The Hall–Kier alpha value is -0.930. The van der Waals surface area contributed by atoms with E-state index in [0.29, 0.717) is 11.1 Å². The number of rotatable bonds is 1. The fourth-order valence-electron chi connectivity index (χ4n) is 2.28. The van der Waals surface area contributed by atoms with Crippen LogP contribution in [0.5, 0.6) is 0 Å². The number of nitrogens with zero attached hydrogens (tertiary/aromatic N) is 2. The summed E-state index contributed by atoms with van der Waals surface area (Å²) >= 11 is 8.73. The standard InChI is InChI=1S/C11H10BrNO.C7H3BrIN/c12-10-3-2-9(6-8(10)7-13)11(14)4-1-5-11;8-7-2-1-6(9)3-5(7)4-10/h2-3,6,14H,1,4-5H2;1-3H. The quantitative estimate of drug-likeness (QED) is 0.461. The zero-order valence-corrected chi connectivity index (χ0v) is 17.9. The Bertz CT molecular complexity index is 836. The number of aliphatic hydroxyl groups is 1. The molecule has 0 spiro atoms. The smallest absolute Gasteiger partial charge is 0.100 e. The Kier molecular flexibility index (Phi) is 6.82. The Morgan fingerprint density at radius 2 is 1.50 bits per heavy atom. The van der Waals surface area contributed by atoms with Crippen LogP contribution in [-0.4, -0.2) is 5.11 Å². The van der Waals surface area contributed by atoms with E-state index in [1.807, 2.05) is 30.3 Å². The lowest BCUT2D eigenvalue weighted by Gasteiger charge is -2.37. The van der Waals surface area contributed by atoms with Gasteiger partial charge in [-0.05, 0) is 110 Å². The van der Waals surface area contributed by atoms with Gasteiger partial charge in [0.05, 0.1) is 16.7 Å². The first-order valence-corrected chi connectivity index (χ1v) is 9.84. The molecule has 0 unspecified atom stereocenters. The summed E-state index contributed by atoms with van der Waals surface area (Å²) in [5, 5.41) is 27.5. The van der Waals surface area contributed by atoms with Gasteiger partial charge in [0, 0.05) is 12.5 Å². The highest BCUT2D eigenvalue weighted by atomic mass is 127. The van der Waals surface area contributed by atoms with Crippen LogP contribution in [0, 0.1) is 26.2 Å². The van der Waals surface area contributed by atoms with E-state index >= 15 is 0 Å². The zero-order chi connectivity index (χ0) is 17.7. The third-order valence-electron chi connectivity index (χ3n) is 3.85. The van der Waals surface area contributed by atoms with Gasteiger partial charge in [0.1, 0.15) is 12.1 Å². The second-order valence-corrected chi connectivity index (χ2v) is 8.38. The van der Waals surface area contributed by atoms with Gasteiger partial charge in [-0.25, -0.2) is 0 Å². The van der Waals surface area contributed by atoms with Crippen LogP contribution in [-0.2, 0) is 5.60 Å². The van der Waals surface area contributed by atoms with E-state index in [-0.39, 0.29) is 0 Å². The Balaban J connectivity index is 0.000000185. The summed E-state index contributed by atoms with van der Waals surface area (Å²) in [6, 6.07) is 15.3. The van der Waals surface area contributed by atoms with E-state index in [9.17, 15) is 5.11 Å². The molecule has 1 N–H and O–H groups in total. The summed E-state index contributed by atoms with van der Waals surface area (Å²) in [5.74, 6) is 0. The van der Waals surface area contributed by atoms with Gasteiger partial charge in [-0.3, -0.25) is 0 Å². The Morgan fingerprint density at radius 3 is 1.96 bits per heavy atom. The molecule has 1 aliphatic carbocycles. The van der Waals surface area contributed by atoms with Crippen molar-refractivity contribution in [1.29, 1.82) is 10.5 Å². The maximum atomic E-state index is 10.1. The fraction of sp³-hybridized carbons (Fsp3) is 0.222. The highest BCUT2D eigenvalue weighted by Gasteiger charge is 2.36. The maximum Gasteiger partial charge on any atom is 0.100 e. The Labute approximate surface area is 171 Å². The van der Waals surface area contributed by atoms with Crippen LogP contribution in [0.25, 0.3) is 0 Å². The molecular weight excluding hydrogens is 547 g/mol. The van der Waals surface area contributed by atoms with Crippen LogP contribution >= 0.6 is 54.5 Å².